The van der Waals surface area contributed by atoms with Crippen LogP contribution in [-0.4, -0.2) is 45.4 Å². The third kappa shape index (κ3) is 18.1. The van der Waals surface area contributed by atoms with E-state index in [1.165, 1.54) is 31.9 Å². The van der Waals surface area contributed by atoms with Gasteiger partial charge in [0, 0.05) is 27.0 Å². The van der Waals surface area contributed by atoms with Crippen LogP contribution in [0.2, 0.25) is 0 Å². The lowest BCUT2D eigenvalue weighted by Crippen LogP contribution is -2.22. The van der Waals surface area contributed by atoms with E-state index in [0.29, 0.717) is 0 Å². The van der Waals surface area contributed by atoms with Gasteiger partial charge in [-0.3, -0.25) is 19.4 Å². The first-order valence-electron chi connectivity index (χ1n) is 19.0. The van der Waals surface area contributed by atoms with Crippen LogP contribution in [0.3, 0.4) is 0 Å². The van der Waals surface area contributed by atoms with E-state index in [4.69, 9.17) is 9.73 Å². The number of aliphatic hydroxyl groups excluding tert-OH is 2. The minimum absolute atomic E-state index is 0.0984. The van der Waals surface area contributed by atoms with Gasteiger partial charge in [0.05, 0.1) is 24.8 Å². The summed E-state index contributed by atoms with van der Waals surface area (Å²) in [5, 5.41) is 18.7. The Morgan fingerprint density at radius 2 is 1.07 bits per heavy atom. The molecule has 4 aromatic rings. The predicted octanol–water partition coefficient (Wildman–Crippen LogP) is 9.97. The lowest BCUT2D eigenvalue weighted by molar-refractivity contribution is -0.156. The van der Waals surface area contributed by atoms with Gasteiger partial charge in [-0.2, -0.15) is 0 Å². The number of aliphatic imine (C=N–C) groups is 1. The fourth-order valence-electron chi connectivity index (χ4n) is 5.44. The molecule has 0 radical (unpaired) electrons. The number of aliphatic hydroxyl groups is 2. The number of fused-ring (bicyclic) bond motifs is 1. The molecular weight excluding hydrogens is 705 g/mol. The van der Waals surface area contributed by atoms with E-state index in [-0.39, 0.29) is 30.3 Å². The number of rotatable bonds is 8. The Balaban J connectivity index is 0.000000249. The summed E-state index contributed by atoms with van der Waals surface area (Å²) >= 11 is 0. The summed E-state index contributed by atoms with van der Waals surface area (Å²) in [6, 6.07) is 40.0. The molecule has 9 heteroatoms. The largest absolute Gasteiger partial charge is 0.458 e. The second kappa shape index (κ2) is 26.2. The lowest BCUT2D eigenvalue weighted by Gasteiger charge is -2.18. The van der Waals surface area contributed by atoms with Crippen LogP contribution in [-0.2, 0) is 23.9 Å². The van der Waals surface area contributed by atoms with Gasteiger partial charge >= 0.3 is 17.9 Å². The van der Waals surface area contributed by atoms with Crippen molar-refractivity contribution in [3.05, 3.63) is 168 Å². The molecule has 0 aromatic heterocycles. The van der Waals surface area contributed by atoms with Gasteiger partial charge in [-0.1, -0.05) is 148 Å². The molecule has 2 aliphatic heterocycles. The van der Waals surface area contributed by atoms with Gasteiger partial charge in [0.25, 0.3) is 0 Å². The molecule has 298 valence electrons. The van der Waals surface area contributed by atoms with Crippen LogP contribution in [0.4, 0.5) is 0 Å². The van der Waals surface area contributed by atoms with E-state index in [1.807, 2.05) is 118 Å². The van der Waals surface area contributed by atoms with Gasteiger partial charge in [0.1, 0.15) is 11.9 Å². The van der Waals surface area contributed by atoms with Gasteiger partial charge in [0.15, 0.2) is 0 Å². The first-order chi connectivity index (χ1) is 26.9. The van der Waals surface area contributed by atoms with Crippen molar-refractivity contribution >= 4 is 23.7 Å². The summed E-state index contributed by atoms with van der Waals surface area (Å²) in [7, 11) is 0. The smallest absolute Gasteiger partial charge is 0.310 e. The topological polar surface area (TPSA) is 126 Å². The molecule has 6 rings (SSSR count). The minimum Gasteiger partial charge on any atom is -0.458 e. The number of amidine groups is 1. The highest BCUT2D eigenvalue weighted by molar-refractivity contribution is 5.96. The fraction of sp³-hybridized carbons (Fsp3) is 0.319. The van der Waals surface area contributed by atoms with Crippen molar-refractivity contribution < 1.29 is 34.1 Å². The van der Waals surface area contributed by atoms with Crippen LogP contribution in [0.1, 0.15) is 114 Å². The van der Waals surface area contributed by atoms with Crippen LogP contribution < -0.4 is 0 Å². The molecule has 2 N–H and O–H groups in total. The van der Waals surface area contributed by atoms with E-state index in [9.17, 15) is 24.6 Å². The van der Waals surface area contributed by atoms with Crippen molar-refractivity contribution in [2.45, 2.75) is 92.1 Å². The van der Waals surface area contributed by atoms with Crippen molar-refractivity contribution in [2.75, 3.05) is 6.54 Å². The zero-order chi connectivity index (χ0) is 41.3. The summed E-state index contributed by atoms with van der Waals surface area (Å²) in [5.41, 5.74) is 5.65. The zero-order valence-corrected chi connectivity index (χ0v) is 33.7. The summed E-state index contributed by atoms with van der Waals surface area (Å²) in [4.78, 5) is 37.3. The average Bonchev–Trinajstić information content (AvgIpc) is 3.64. The molecule has 0 saturated heterocycles. The number of hydrogen-bond donors (Lipinski definition) is 2. The fourth-order valence-corrected chi connectivity index (χ4v) is 5.44. The quantitative estimate of drug-likeness (QED) is 0.134. The molecule has 56 heavy (non-hydrogen) atoms. The Morgan fingerprint density at radius 1 is 0.643 bits per heavy atom. The minimum atomic E-state index is -0.562. The second-order valence-corrected chi connectivity index (χ2v) is 12.9. The number of carbonyl (C=O) groups is 3. The number of benzene rings is 4. The molecule has 9 nitrogen and oxygen atoms in total. The summed E-state index contributed by atoms with van der Waals surface area (Å²) in [6.07, 6.45) is 8.07. The summed E-state index contributed by atoms with van der Waals surface area (Å²) < 4.78 is 9.12. The third-order valence-corrected chi connectivity index (χ3v) is 8.27. The Bertz CT molecular complexity index is 1750. The molecule has 0 fully saturated rings. The molecule has 2 unspecified atom stereocenters. The second-order valence-electron chi connectivity index (χ2n) is 12.9. The lowest BCUT2D eigenvalue weighted by atomic mass is 10.1. The van der Waals surface area contributed by atoms with Gasteiger partial charge in [-0.25, -0.2) is 0 Å². The molecule has 0 bridgehead atoms. The predicted molar refractivity (Wildman–Crippen MR) is 223 cm³/mol. The van der Waals surface area contributed by atoms with Gasteiger partial charge in [0.2, 0.25) is 0 Å². The van der Waals surface area contributed by atoms with Gasteiger partial charge in [-0.15, -0.1) is 0 Å². The van der Waals surface area contributed by atoms with Crippen LogP contribution >= 0.6 is 0 Å². The Hall–Kier alpha value is -5.64. The summed E-state index contributed by atoms with van der Waals surface area (Å²) in [6.45, 7) is 12.8. The van der Waals surface area contributed by atoms with Crippen LogP contribution in [0.15, 0.2) is 150 Å². The summed E-state index contributed by atoms with van der Waals surface area (Å²) in [5.74, 6) is -0.268. The van der Waals surface area contributed by atoms with E-state index in [0.717, 1.165) is 48.3 Å². The number of carbonyl (C=O) groups excluding carboxylic acids is 3. The maximum Gasteiger partial charge on any atom is 0.310 e. The molecule has 2 heterocycles. The molecule has 2 aliphatic rings. The van der Waals surface area contributed by atoms with Crippen molar-refractivity contribution in [1.29, 1.82) is 0 Å². The average molecular weight is 763 g/mol. The normalized spacial score (nSPS) is 14.9. The van der Waals surface area contributed by atoms with Crippen molar-refractivity contribution in [2.24, 2.45) is 4.99 Å². The van der Waals surface area contributed by atoms with Crippen LogP contribution in [0, 0.1) is 0 Å². The van der Waals surface area contributed by atoms with Crippen LogP contribution in [0.5, 0.6) is 0 Å². The monoisotopic (exact) mass is 762 g/mol. The van der Waals surface area contributed by atoms with E-state index >= 15 is 0 Å². The number of hydrogen-bond acceptors (Lipinski definition) is 9. The van der Waals surface area contributed by atoms with E-state index in [2.05, 4.69) is 59.2 Å². The number of allylic oxidation sites excluding steroid dienone is 2. The number of esters is 3. The molecule has 0 spiro atoms. The molecular formula is C47H58N2O7. The first-order valence-corrected chi connectivity index (χ1v) is 19.0. The highest BCUT2D eigenvalue weighted by Crippen LogP contribution is 2.27. The highest BCUT2D eigenvalue weighted by atomic mass is 16.6. The van der Waals surface area contributed by atoms with Crippen molar-refractivity contribution in [3.8, 4) is 0 Å². The third-order valence-electron chi connectivity index (χ3n) is 8.27. The molecule has 0 amide bonds. The number of ether oxygens (including phenoxy) is 2. The van der Waals surface area contributed by atoms with Gasteiger partial charge in [-0.05, 0) is 60.1 Å². The molecule has 0 aliphatic carbocycles. The Morgan fingerprint density at radius 3 is 1.45 bits per heavy atom. The first kappa shape index (κ1) is 46.5. The van der Waals surface area contributed by atoms with Gasteiger partial charge < -0.3 is 24.6 Å². The number of nitrogens with zero attached hydrogens (tertiary/aromatic N) is 2. The van der Waals surface area contributed by atoms with E-state index in [1.54, 1.807) is 0 Å². The SMILES string of the molecule is CC(=O)OC(C)=O.CC1=CN2C[C@@H](c3ccccc3)N=C2C=C1.CCC(O)c1ccccc1.CCC(OC(C)=O)c1ccccc1.CC[C@H](O)c1ccccc1. The zero-order valence-electron chi connectivity index (χ0n) is 33.7. The Labute approximate surface area is 333 Å². The maximum absolute atomic E-state index is 10.8. The molecule has 0 saturated carbocycles. The molecule has 4 atom stereocenters. The standard InChI is InChI=1S/C14H14N2.C11H14O2.2C9H12O.C4H6O3/c1-11-7-8-14-15-13(10-16(14)9-11)12-5-3-2-4-6-12;1-3-11(13-9(2)12)10-7-5-4-6-8-10;2*1-2-9(10)8-6-4-3-5-7-8;1-3(5)7-4(2)6/h2-9,13H,10H2,1H3;4-8,11H,3H2,1-2H3;2*3-7,9-10H,2H2,1H3;1-2H3/t13-;;9-;;/m0.0../s1. The highest BCUT2D eigenvalue weighted by Gasteiger charge is 2.24. The maximum atomic E-state index is 10.8. The Kier molecular flexibility index (Phi) is 21.8. The molecule has 4 aromatic carbocycles. The van der Waals surface area contributed by atoms with Crippen molar-refractivity contribution in [1.82, 2.24) is 4.90 Å². The van der Waals surface area contributed by atoms with Crippen molar-refractivity contribution in [3.63, 3.8) is 0 Å². The van der Waals surface area contributed by atoms with E-state index < -0.39 is 11.9 Å². The van der Waals surface area contributed by atoms with Crippen LogP contribution in [0.25, 0.3) is 0 Å².